The van der Waals surface area contributed by atoms with Gasteiger partial charge in [0.2, 0.25) is 5.91 Å². The Morgan fingerprint density at radius 2 is 2.12 bits per heavy atom. The van der Waals surface area contributed by atoms with E-state index in [-0.39, 0.29) is 23.6 Å². The van der Waals surface area contributed by atoms with Crippen LogP contribution in [-0.2, 0) is 11.2 Å². The predicted octanol–water partition coefficient (Wildman–Crippen LogP) is 2.98. The number of amides is 1. The van der Waals surface area contributed by atoms with Crippen LogP contribution in [0.1, 0.15) is 24.0 Å². The van der Waals surface area contributed by atoms with Crippen LogP contribution in [0.15, 0.2) is 36.7 Å². The number of piperazine rings is 1. The molecule has 0 radical (unpaired) electrons. The zero-order valence-electron chi connectivity index (χ0n) is 18.4. The van der Waals surface area contributed by atoms with Gasteiger partial charge in [0.25, 0.3) is 0 Å². The summed E-state index contributed by atoms with van der Waals surface area (Å²) >= 11 is 0. The number of likely N-dealkylation sites (N-methyl/N-ethyl adjacent to an activating group) is 1. The fourth-order valence-electron chi connectivity index (χ4n) is 4.77. The van der Waals surface area contributed by atoms with Crippen molar-refractivity contribution in [1.29, 1.82) is 0 Å². The van der Waals surface area contributed by atoms with Gasteiger partial charge in [0, 0.05) is 32.0 Å². The molecule has 32 heavy (non-hydrogen) atoms. The van der Waals surface area contributed by atoms with Gasteiger partial charge in [-0.25, -0.2) is 9.37 Å². The van der Waals surface area contributed by atoms with E-state index in [2.05, 4.69) is 21.9 Å². The number of hydrogen-bond donors (Lipinski definition) is 2. The second-order valence-electron chi connectivity index (χ2n) is 9.13. The molecule has 1 aromatic carbocycles. The third-order valence-electron chi connectivity index (χ3n) is 6.66. The molecule has 1 aliphatic heterocycles. The van der Waals surface area contributed by atoms with E-state index >= 15 is 0 Å². The van der Waals surface area contributed by atoms with E-state index in [9.17, 15) is 9.18 Å². The second kappa shape index (κ2) is 7.86. The average molecular weight is 438 g/mol. The average Bonchev–Trinajstić information content (AvgIpc) is 3.41. The van der Waals surface area contributed by atoms with E-state index in [0.29, 0.717) is 23.5 Å². The van der Waals surface area contributed by atoms with Crippen LogP contribution in [0.4, 0.5) is 4.39 Å². The van der Waals surface area contributed by atoms with Gasteiger partial charge in [0.1, 0.15) is 11.4 Å². The normalized spacial score (nSPS) is 18.8. The highest BCUT2D eigenvalue weighted by Crippen LogP contribution is 2.44. The van der Waals surface area contributed by atoms with E-state index in [1.54, 1.807) is 24.4 Å². The first kappa shape index (κ1) is 20.9. The molecule has 7 nitrogen and oxygen atoms in total. The maximum Gasteiger partial charge on any atom is 0.240 e. The first-order valence-electron chi connectivity index (χ1n) is 11.0. The fourth-order valence-corrected chi connectivity index (χ4v) is 4.77. The van der Waals surface area contributed by atoms with Crippen molar-refractivity contribution in [2.45, 2.75) is 37.8 Å². The summed E-state index contributed by atoms with van der Waals surface area (Å²) in [4.78, 5) is 24.6. The van der Waals surface area contributed by atoms with Crippen molar-refractivity contribution in [3.05, 3.63) is 53.6 Å². The first-order chi connectivity index (χ1) is 15.4. The summed E-state index contributed by atoms with van der Waals surface area (Å²) in [5, 5.41) is 0.824. The van der Waals surface area contributed by atoms with E-state index < -0.39 is 11.9 Å². The van der Waals surface area contributed by atoms with Crippen molar-refractivity contribution in [1.82, 2.24) is 19.8 Å². The predicted molar refractivity (Wildman–Crippen MR) is 120 cm³/mol. The number of nitrogens with two attached hydrogens (primary N) is 1. The number of nitrogens with zero attached hydrogens (tertiary/aromatic N) is 3. The maximum atomic E-state index is 14.9. The monoisotopic (exact) mass is 437 g/mol. The molecule has 3 aromatic rings. The zero-order chi connectivity index (χ0) is 22.5. The van der Waals surface area contributed by atoms with Gasteiger partial charge in [0.05, 0.1) is 17.0 Å². The van der Waals surface area contributed by atoms with Crippen LogP contribution in [0.25, 0.3) is 11.0 Å². The largest absolute Gasteiger partial charge is 0.453 e. The Morgan fingerprint density at radius 3 is 2.88 bits per heavy atom. The molecule has 1 atom stereocenters. The number of aryl methyl sites for hydroxylation is 1. The molecule has 168 valence electrons. The van der Waals surface area contributed by atoms with Gasteiger partial charge >= 0.3 is 0 Å². The lowest BCUT2D eigenvalue weighted by Crippen LogP contribution is -2.59. The quantitative estimate of drug-likeness (QED) is 0.641. The van der Waals surface area contributed by atoms with Crippen LogP contribution in [-0.4, -0.2) is 63.9 Å². The van der Waals surface area contributed by atoms with Crippen LogP contribution in [0.5, 0.6) is 11.5 Å². The molecule has 1 saturated carbocycles. The Bertz CT molecular complexity index is 1170. The Hall–Kier alpha value is -2.97. The highest BCUT2D eigenvalue weighted by atomic mass is 19.1. The van der Waals surface area contributed by atoms with Gasteiger partial charge in [-0.1, -0.05) is 6.07 Å². The molecule has 3 heterocycles. The lowest BCUT2D eigenvalue weighted by atomic mass is 10.0. The number of carbonyl (C=O) groups is 1. The van der Waals surface area contributed by atoms with Crippen molar-refractivity contribution < 1.29 is 13.9 Å². The van der Waals surface area contributed by atoms with Crippen LogP contribution >= 0.6 is 0 Å². The van der Waals surface area contributed by atoms with Crippen LogP contribution in [0.3, 0.4) is 0 Å². The Kier molecular flexibility index (Phi) is 5.14. The summed E-state index contributed by atoms with van der Waals surface area (Å²) in [7, 11) is 2.09. The number of pyridine rings is 1. The molecule has 2 aromatic heterocycles. The van der Waals surface area contributed by atoms with Crippen LogP contribution in [0.2, 0.25) is 0 Å². The summed E-state index contributed by atoms with van der Waals surface area (Å²) in [6.07, 6.45) is 5.80. The molecular formula is C24H28FN5O2. The number of nitrogens with one attached hydrogen (secondary N) is 1. The van der Waals surface area contributed by atoms with Crippen molar-refractivity contribution in [3.8, 4) is 11.5 Å². The van der Waals surface area contributed by atoms with E-state index in [4.69, 9.17) is 10.5 Å². The van der Waals surface area contributed by atoms with Crippen molar-refractivity contribution in [2.24, 2.45) is 5.73 Å². The number of ether oxygens (including phenoxy) is 1. The van der Waals surface area contributed by atoms with Crippen LogP contribution in [0, 0.1) is 12.7 Å². The first-order valence-corrected chi connectivity index (χ1v) is 11.0. The molecule has 2 fully saturated rings. The summed E-state index contributed by atoms with van der Waals surface area (Å²) in [6, 6.07) is 5.79. The van der Waals surface area contributed by atoms with E-state index in [0.717, 1.165) is 36.9 Å². The summed E-state index contributed by atoms with van der Waals surface area (Å²) in [5.74, 6) is 0.131. The topological polar surface area (TPSA) is 87.5 Å². The number of fused-ring (bicyclic) bond motifs is 1. The number of carbonyl (C=O) groups excluding carboxylic acids is 1. The highest BCUT2D eigenvalue weighted by molar-refractivity contribution is 5.86. The summed E-state index contributed by atoms with van der Waals surface area (Å²) in [6.45, 7) is 4.39. The molecule has 1 spiro atoms. The smallest absolute Gasteiger partial charge is 0.240 e. The molecule has 8 heteroatoms. The Morgan fingerprint density at radius 1 is 1.31 bits per heavy atom. The maximum absolute atomic E-state index is 14.9. The number of benzene rings is 1. The molecule has 1 aliphatic carbocycles. The second-order valence-corrected chi connectivity index (χ2v) is 9.13. The third-order valence-corrected chi connectivity index (χ3v) is 6.66. The van der Waals surface area contributed by atoms with Gasteiger partial charge in [-0.2, -0.15) is 0 Å². The van der Waals surface area contributed by atoms with Crippen molar-refractivity contribution >= 4 is 16.9 Å². The molecule has 1 amide bonds. The minimum absolute atomic E-state index is 0.0431. The lowest BCUT2D eigenvalue weighted by Gasteiger charge is -2.41. The summed E-state index contributed by atoms with van der Waals surface area (Å²) < 4.78 is 20.7. The Labute approximate surface area is 186 Å². The minimum atomic E-state index is -0.690. The molecule has 0 unspecified atom stereocenters. The Balaban J connectivity index is 1.29. The number of rotatable bonds is 5. The number of hydrogen-bond acceptors (Lipinski definition) is 5. The number of H-pyrrole nitrogens is 1. The van der Waals surface area contributed by atoms with Gasteiger partial charge in [-0.3, -0.25) is 4.79 Å². The number of halogens is 1. The van der Waals surface area contributed by atoms with E-state index in [1.807, 2.05) is 18.0 Å². The number of aromatic nitrogens is 2. The standard InChI is InChI=1S/C24H28FN5O2/c1-15-13-28-22-21(15)20(5-8-27-22)32-19-4-3-16(11-17(19)25)12-18(26)23(31)30-10-9-29(2)14-24(30)6-7-24/h3-5,8,11,13,18H,6-7,9-10,12,14,26H2,1-2H3,(H,27,28)/t18-/m0/s1. The number of aromatic amines is 1. The molecule has 2 aliphatic rings. The highest BCUT2D eigenvalue weighted by Gasteiger charge is 2.53. The van der Waals surface area contributed by atoms with Gasteiger partial charge < -0.3 is 25.3 Å². The molecule has 3 N–H and O–H groups in total. The SMILES string of the molecule is Cc1c[nH]c2nccc(Oc3ccc(C[C@H](N)C(=O)N4CCN(C)CC45CC5)cc3F)c12. The van der Waals surface area contributed by atoms with Crippen molar-refractivity contribution in [2.75, 3.05) is 26.7 Å². The summed E-state index contributed by atoms with van der Waals surface area (Å²) in [5.41, 5.74) is 8.57. The van der Waals surface area contributed by atoms with Gasteiger partial charge in [0.15, 0.2) is 11.6 Å². The van der Waals surface area contributed by atoms with E-state index in [1.165, 1.54) is 6.07 Å². The third kappa shape index (κ3) is 3.73. The van der Waals surface area contributed by atoms with Crippen LogP contribution < -0.4 is 10.5 Å². The molecular weight excluding hydrogens is 409 g/mol. The van der Waals surface area contributed by atoms with Gasteiger partial charge in [-0.05, 0) is 62.6 Å². The van der Waals surface area contributed by atoms with Gasteiger partial charge in [-0.15, -0.1) is 0 Å². The molecule has 1 saturated heterocycles. The zero-order valence-corrected chi connectivity index (χ0v) is 18.4. The molecule has 5 rings (SSSR count). The lowest BCUT2D eigenvalue weighted by molar-refractivity contribution is -0.138. The molecule has 0 bridgehead atoms. The minimum Gasteiger partial charge on any atom is -0.453 e. The fraction of sp³-hybridized carbons (Fsp3) is 0.417. The van der Waals surface area contributed by atoms with Crippen molar-refractivity contribution in [3.63, 3.8) is 0 Å².